The summed E-state index contributed by atoms with van der Waals surface area (Å²) in [5, 5.41) is 27.1. The number of aliphatic carboxylic acids is 2. The fourth-order valence-electron chi connectivity index (χ4n) is 9.98. The first-order valence-electron chi connectivity index (χ1n) is 21.5. The van der Waals surface area contributed by atoms with Crippen LogP contribution in [-0.2, 0) is 39.1 Å². The zero-order valence-electron chi connectivity index (χ0n) is 35.3. The van der Waals surface area contributed by atoms with Crippen LogP contribution in [0.5, 0.6) is 17.4 Å². The van der Waals surface area contributed by atoms with Gasteiger partial charge in [0.25, 0.3) is 0 Å². The van der Waals surface area contributed by atoms with E-state index >= 15 is 0 Å². The van der Waals surface area contributed by atoms with Gasteiger partial charge in [-0.15, -0.1) is 0 Å². The van der Waals surface area contributed by atoms with Crippen molar-refractivity contribution >= 4 is 35.1 Å². The van der Waals surface area contributed by atoms with Crippen LogP contribution in [-0.4, -0.2) is 69.9 Å². The number of rotatable bonds is 18. The van der Waals surface area contributed by atoms with Crippen LogP contribution in [0.1, 0.15) is 106 Å². The Morgan fingerprint density at radius 2 is 1.79 bits per heavy atom. The predicted molar refractivity (Wildman–Crippen MR) is 233 cm³/mol. The largest absolute Gasteiger partial charge is 0.494 e. The summed E-state index contributed by atoms with van der Waals surface area (Å²) in [5.74, 6) is 0.544. The first kappa shape index (κ1) is 43.7. The van der Waals surface area contributed by atoms with Gasteiger partial charge in [-0.05, 0) is 147 Å². The Hall–Kier alpha value is -5.36. The molecule has 2 heterocycles. The number of hydrogen-bond acceptors (Lipinski definition) is 9. The molecule has 0 radical (unpaired) electrons. The number of carboxylic acids is 2. The first-order chi connectivity index (χ1) is 29.4. The fraction of sp³-hybridized carbons (Fsp3) is 0.479. The maximum atomic E-state index is 13.1. The Labute approximate surface area is 362 Å². The second kappa shape index (κ2) is 19.1. The van der Waals surface area contributed by atoms with Crippen molar-refractivity contribution in [2.45, 2.75) is 114 Å². The average molecular weight is 853 g/mol. The number of carbonyl (C=O) groups excluding carboxylic acids is 1. The number of fused-ring (bicyclic) bond motifs is 3. The standard InChI is InChI=1S/C48H57ClN4O8/c1-30(29-61-41-15-21-50-39-10-4-7-31(2)44(39)41)23-34-26-33-12-13-37(60-22-6-11-42(54)52-40(45(55)56)24-32-14-20-51-43(25-32)59-3)28-38(33)47(34)16-18-48(19-17-47,46(57)58)53-36-9-5-8-35(49)27-36/h5,8-9,12-15,20-21,25,27-28,30-31,34,40,53H,4,6-7,10-11,16-19,22-24,26,29H2,1-3H3,(H,52,54)(H,55,56)(H,57,58)/t30-,31-,34+,40-,47?,48?/m1/s1. The van der Waals surface area contributed by atoms with E-state index in [4.69, 9.17) is 25.8 Å². The lowest BCUT2D eigenvalue weighted by molar-refractivity contribution is -0.144. The van der Waals surface area contributed by atoms with Crippen LogP contribution in [0.25, 0.3) is 0 Å². The molecule has 61 heavy (non-hydrogen) atoms. The molecule has 0 aliphatic heterocycles. The van der Waals surface area contributed by atoms with Crippen molar-refractivity contribution in [3.63, 3.8) is 0 Å². The lowest BCUT2D eigenvalue weighted by Crippen LogP contribution is -2.53. The van der Waals surface area contributed by atoms with Crippen molar-refractivity contribution < 1.29 is 38.8 Å². The maximum Gasteiger partial charge on any atom is 0.329 e. The van der Waals surface area contributed by atoms with E-state index in [1.165, 1.54) is 30.0 Å². The number of nitrogens with zero attached hydrogens (tertiary/aromatic N) is 2. The Balaban J connectivity index is 1.03. The molecule has 2 aromatic heterocycles. The number of carbonyl (C=O) groups is 3. The van der Waals surface area contributed by atoms with Crippen LogP contribution in [0.15, 0.2) is 73.1 Å². The predicted octanol–water partition coefficient (Wildman–Crippen LogP) is 8.57. The van der Waals surface area contributed by atoms with Crippen LogP contribution in [0, 0.1) is 11.8 Å². The highest BCUT2D eigenvalue weighted by atomic mass is 35.5. The smallest absolute Gasteiger partial charge is 0.329 e. The number of hydrogen-bond donors (Lipinski definition) is 4. The van der Waals surface area contributed by atoms with Crippen LogP contribution in [0.4, 0.5) is 5.69 Å². The molecule has 0 saturated heterocycles. The van der Waals surface area contributed by atoms with Gasteiger partial charge in [0.05, 0.1) is 20.3 Å². The van der Waals surface area contributed by atoms with Crippen molar-refractivity contribution in [2.75, 3.05) is 25.6 Å². The summed E-state index contributed by atoms with van der Waals surface area (Å²) in [6.07, 6.45) is 11.2. The third-order valence-corrected chi connectivity index (χ3v) is 13.4. The first-order valence-corrected chi connectivity index (χ1v) is 21.9. The summed E-state index contributed by atoms with van der Waals surface area (Å²) >= 11 is 6.30. The van der Waals surface area contributed by atoms with E-state index in [2.05, 4.69) is 46.6 Å². The van der Waals surface area contributed by atoms with Gasteiger partial charge in [0.1, 0.15) is 23.1 Å². The Bertz CT molecular complexity index is 2210. The van der Waals surface area contributed by atoms with Crippen molar-refractivity contribution in [3.8, 4) is 17.4 Å². The number of pyridine rings is 2. The number of amides is 1. The monoisotopic (exact) mass is 852 g/mol. The van der Waals surface area contributed by atoms with Crippen LogP contribution >= 0.6 is 11.6 Å². The van der Waals surface area contributed by atoms with E-state index in [-0.39, 0.29) is 42.6 Å². The minimum atomic E-state index is -1.14. The quantitative estimate of drug-likeness (QED) is 0.0708. The van der Waals surface area contributed by atoms with Gasteiger partial charge in [0.15, 0.2) is 0 Å². The number of nitrogens with one attached hydrogen (secondary N) is 2. The molecule has 3 aliphatic carbocycles. The zero-order valence-corrected chi connectivity index (χ0v) is 36.0. The second-order valence-corrected chi connectivity index (χ2v) is 17.8. The minimum Gasteiger partial charge on any atom is -0.494 e. The van der Waals surface area contributed by atoms with Crippen molar-refractivity contribution in [1.82, 2.24) is 15.3 Å². The zero-order chi connectivity index (χ0) is 43.1. The van der Waals surface area contributed by atoms with E-state index in [0.29, 0.717) is 72.5 Å². The molecule has 7 rings (SSSR count). The summed E-state index contributed by atoms with van der Waals surface area (Å²) < 4.78 is 18.0. The molecule has 1 spiro atoms. The molecule has 3 aliphatic rings. The number of anilines is 1. The molecule has 1 amide bonds. The average Bonchev–Trinajstić information content (AvgIpc) is 3.53. The van der Waals surface area contributed by atoms with Gasteiger partial charge in [-0.3, -0.25) is 9.78 Å². The van der Waals surface area contributed by atoms with Gasteiger partial charge < -0.3 is 35.1 Å². The third-order valence-electron chi connectivity index (χ3n) is 13.2. The molecule has 4 N–H and O–H groups in total. The molecule has 4 aromatic rings. The summed E-state index contributed by atoms with van der Waals surface area (Å²) in [6.45, 7) is 5.35. The highest BCUT2D eigenvalue weighted by Gasteiger charge is 2.54. The maximum absolute atomic E-state index is 13.1. The van der Waals surface area contributed by atoms with Crippen LogP contribution in [0.3, 0.4) is 0 Å². The SMILES string of the molecule is COc1cc(C[C@@H](NC(=O)CCCOc2ccc3c(c2)C2(CCC(Nc4cccc(Cl)c4)(C(=O)O)CC2)[C@@H](C[C@@H](C)COc2ccnc4c2[C@H](C)CCC4)C3)C(=O)O)ccn1. The molecule has 12 nitrogen and oxygen atoms in total. The van der Waals surface area contributed by atoms with Crippen LogP contribution in [0.2, 0.25) is 5.02 Å². The summed E-state index contributed by atoms with van der Waals surface area (Å²) in [4.78, 5) is 46.6. The molecular weight excluding hydrogens is 796 g/mol. The normalized spacial score (nSPS) is 22.6. The van der Waals surface area contributed by atoms with Crippen LogP contribution < -0.4 is 24.8 Å². The van der Waals surface area contributed by atoms with Crippen molar-refractivity contribution in [1.29, 1.82) is 0 Å². The van der Waals surface area contributed by atoms with Crippen molar-refractivity contribution in [2.24, 2.45) is 11.8 Å². The van der Waals surface area contributed by atoms with Gasteiger partial charge in [-0.25, -0.2) is 14.6 Å². The van der Waals surface area contributed by atoms with Gasteiger partial charge in [0, 0.05) is 53.3 Å². The molecular formula is C48H57ClN4O8. The molecule has 324 valence electrons. The number of ether oxygens (including phenoxy) is 3. The number of halogens is 1. The molecule has 0 unspecified atom stereocenters. The topological polar surface area (TPSA) is 169 Å². The molecule has 0 bridgehead atoms. The van der Waals surface area contributed by atoms with Gasteiger partial charge in [-0.1, -0.05) is 37.6 Å². The van der Waals surface area contributed by atoms with Gasteiger partial charge in [0.2, 0.25) is 11.8 Å². The molecule has 2 aromatic carbocycles. The second-order valence-electron chi connectivity index (χ2n) is 17.3. The third kappa shape index (κ3) is 10.1. The number of carboxylic acid groups (broad SMARTS) is 2. The number of benzene rings is 2. The summed E-state index contributed by atoms with van der Waals surface area (Å²) in [5.41, 5.74) is 4.80. The fourth-order valence-corrected chi connectivity index (χ4v) is 10.2. The minimum absolute atomic E-state index is 0.0934. The lowest BCUT2D eigenvalue weighted by atomic mass is 9.59. The molecule has 1 saturated carbocycles. The Morgan fingerprint density at radius 1 is 0.984 bits per heavy atom. The lowest BCUT2D eigenvalue weighted by Gasteiger charge is -2.47. The van der Waals surface area contributed by atoms with E-state index in [9.17, 15) is 24.6 Å². The highest BCUT2D eigenvalue weighted by molar-refractivity contribution is 6.30. The van der Waals surface area contributed by atoms with E-state index in [1.54, 1.807) is 24.3 Å². The van der Waals surface area contributed by atoms with E-state index in [1.807, 2.05) is 30.5 Å². The molecule has 4 atom stereocenters. The van der Waals surface area contributed by atoms with E-state index in [0.717, 1.165) is 43.5 Å². The van der Waals surface area contributed by atoms with E-state index < -0.39 is 23.5 Å². The summed E-state index contributed by atoms with van der Waals surface area (Å²) in [7, 11) is 1.49. The Kier molecular flexibility index (Phi) is 13.7. The number of aromatic nitrogens is 2. The number of methoxy groups -OCH3 is 1. The number of aryl methyl sites for hydroxylation is 1. The summed E-state index contributed by atoms with van der Waals surface area (Å²) in [6, 6.07) is 17.7. The molecule has 13 heteroatoms. The van der Waals surface area contributed by atoms with Gasteiger partial charge >= 0.3 is 11.9 Å². The highest BCUT2D eigenvalue weighted by Crippen LogP contribution is 2.57. The van der Waals surface area contributed by atoms with Gasteiger partial charge in [-0.2, -0.15) is 0 Å². The Morgan fingerprint density at radius 3 is 2.54 bits per heavy atom. The molecule has 1 fully saturated rings. The van der Waals surface area contributed by atoms with Crippen molar-refractivity contribution in [3.05, 3.63) is 106 Å².